The average Bonchev–Trinajstić information content (AvgIpc) is 3.67. The van der Waals surface area contributed by atoms with Gasteiger partial charge in [-0.3, -0.25) is 10.1 Å². The number of nitrogens with zero attached hydrogens (tertiary/aromatic N) is 6. The van der Waals surface area contributed by atoms with Gasteiger partial charge in [0.25, 0.3) is 5.91 Å². The molecule has 2 N–H and O–H groups in total. The van der Waals surface area contributed by atoms with Crippen LogP contribution in [-0.4, -0.2) is 54.7 Å². The lowest BCUT2D eigenvalue weighted by atomic mass is 9.90. The van der Waals surface area contributed by atoms with E-state index >= 15 is 0 Å². The highest BCUT2D eigenvalue weighted by atomic mass is 16.2. The van der Waals surface area contributed by atoms with Gasteiger partial charge >= 0.3 is 6.03 Å². The summed E-state index contributed by atoms with van der Waals surface area (Å²) in [7, 11) is 0. The lowest BCUT2D eigenvalue weighted by Crippen LogP contribution is -2.39. The molecule has 1 fully saturated rings. The Morgan fingerprint density at radius 2 is 1.49 bits per heavy atom. The van der Waals surface area contributed by atoms with E-state index in [1.54, 1.807) is 4.68 Å². The van der Waals surface area contributed by atoms with Gasteiger partial charge in [-0.1, -0.05) is 68.8 Å². The Morgan fingerprint density at radius 1 is 0.809 bits per heavy atom. The Kier molecular flexibility index (Phi) is 8.93. The number of para-hydroxylation sites is 1. The van der Waals surface area contributed by atoms with Crippen LogP contribution in [0.25, 0.3) is 11.4 Å². The summed E-state index contributed by atoms with van der Waals surface area (Å²) >= 11 is 0. The molecule has 0 bridgehead atoms. The Morgan fingerprint density at radius 3 is 2.15 bits per heavy atom. The van der Waals surface area contributed by atoms with Gasteiger partial charge in [0.2, 0.25) is 0 Å². The second-order valence-corrected chi connectivity index (χ2v) is 13.4. The Labute approximate surface area is 275 Å². The van der Waals surface area contributed by atoms with E-state index in [2.05, 4.69) is 53.7 Å². The zero-order valence-corrected chi connectivity index (χ0v) is 27.7. The van der Waals surface area contributed by atoms with Crippen molar-refractivity contribution in [3.63, 3.8) is 0 Å². The number of urea groups is 1. The van der Waals surface area contributed by atoms with Crippen LogP contribution in [0.2, 0.25) is 0 Å². The number of rotatable bonds is 7. The van der Waals surface area contributed by atoms with E-state index in [0.717, 1.165) is 41.9 Å². The quantitative estimate of drug-likeness (QED) is 0.199. The van der Waals surface area contributed by atoms with Crippen LogP contribution in [0.1, 0.15) is 66.6 Å². The summed E-state index contributed by atoms with van der Waals surface area (Å²) in [4.78, 5) is 29.8. The van der Waals surface area contributed by atoms with E-state index in [1.165, 1.54) is 10.4 Å². The van der Waals surface area contributed by atoms with Gasteiger partial charge in [-0.15, -0.1) is 5.10 Å². The Balaban J connectivity index is 1.02. The Hall–Kier alpha value is -5.25. The maximum absolute atomic E-state index is 13.3. The molecule has 0 radical (unpaired) electrons. The van der Waals surface area contributed by atoms with Crippen molar-refractivity contribution >= 4 is 23.4 Å². The number of aromatic nitrogens is 5. The smallest absolute Gasteiger partial charge is 0.324 e. The zero-order valence-electron chi connectivity index (χ0n) is 27.7. The third-order valence-electron chi connectivity index (χ3n) is 8.61. The van der Waals surface area contributed by atoms with Gasteiger partial charge in [0.05, 0.1) is 22.8 Å². The molecule has 1 aliphatic heterocycles. The molecule has 47 heavy (non-hydrogen) atoms. The molecule has 3 aromatic carbocycles. The average molecular weight is 631 g/mol. The molecule has 3 heterocycles. The standard InChI is InChI=1S/C37H42N8O2/c1-25-11-17-30(18-12-25)44-33(24-32(41-44)37(3,4)5)39-36(47)38-29-15-13-27(14-16-29)23-28-19-21-43(22-20-28)35(46)34-26(2)40-45(42-34)31-9-7-6-8-10-31/h6-18,24,28H,19-23H2,1-5H3,(H2,38,39,47). The first-order valence-electron chi connectivity index (χ1n) is 16.2. The largest absolute Gasteiger partial charge is 0.337 e. The SMILES string of the molecule is Cc1ccc(-n2nc(C(C)(C)C)cc2NC(=O)Nc2ccc(CC3CCN(C(=O)c4nn(-c5ccccc5)nc4C)CC3)cc2)cc1. The number of carbonyl (C=O) groups excluding carboxylic acids is 2. The number of benzene rings is 3. The van der Waals surface area contributed by atoms with Crippen molar-refractivity contribution in [2.45, 2.75) is 59.3 Å². The number of likely N-dealkylation sites (tertiary alicyclic amines) is 1. The summed E-state index contributed by atoms with van der Waals surface area (Å²) in [6, 6.07) is 27.3. The molecule has 0 spiro atoms. The van der Waals surface area contributed by atoms with Crippen LogP contribution in [0.15, 0.2) is 84.9 Å². The van der Waals surface area contributed by atoms with Gasteiger partial charge in [0.15, 0.2) is 5.69 Å². The van der Waals surface area contributed by atoms with Crippen molar-refractivity contribution in [3.05, 3.63) is 113 Å². The predicted octanol–water partition coefficient (Wildman–Crippen LogP) is 7.11. The fourth-order valence-corrected chi connectivity index (χ4v) is 5.80. The van der Waals surface area contributed by atoms with Crippen LogP contribution in [-0.2, 0) is 11.8 Å². The third-order valence-corrected chi connectivity index (χ3v) is 8.61. The first kappa shape index (κ1) is 31.7. The zero-order chi connectivity index (χ0) is 33.1. The van der Waals surface area contributed by atoms with Gasteiger partial charge in [0, 0.05) is 30.3 Å². The highest BCUT2D eigenvalue weighted by Gasteiger charge is 2.27. The fraction of sp³-hybridized carbons (Fsp3) is 0.324. The number of hydrogen-bond donors (Lipinski definition) is 2. The minimum absolute atomic E-state index is 0.0617. The summed E-state index contributed by atoms with van der Waals surface area (Å²) in [5.41, 5.74) is 6.54. The number of amides is 3. The van der Waals surface area contributed by atoms with Gasteiger partial charge < -0.3 is 10.2 Å². The normalized spacial score (nSPS) is 13.9. The summed E-state index contributed by atoms with van der Waals surface area (Å²) in [6.07, 6.45) is 2.76. The number of hydrogen-bond acceptors (Lipinski definition) is 5. The molecule has 2 aromatic heterocycles. The van der Waals surface area contributed by atoms with Gasteiger partial charge in [-0.25, -0.2) is 9.48 Å². The van der Waals surface area contributed by atoms with Gasteiger partial charge in [-0.2, -0.15) is 15.0 Å². The maximum atomic E-state index is 13.3. The second kappa shape index (κ2) is 13.2. The summed E-state index contributed by atoms with van der Waals surface area (Å²) in [5, 5.41) is 19.7. The molecule has 10 nitrogen and oxygen atoms in total. The molecule has 0 saturated carbocycles. The predicted molar refractivity (Wildman–Crippen MR) is 185 cm³/mol. The van der Waals surface area contributed by atoms with Crippen molar-refractivity contribution in [1.82, 2.24) is 29.7 Å². The lowest BCUT2D eigenvalue weighted by molar-refractivity contribution is 0.0683. The molecule has 10 heteroatoms. The van der Waals surface area contributed by atoms with E-state index in [9.17, 15) is 9.59 Å². The molecule has 1 saturated heterocycles. The fourth-order valence-electron chi connectivity index (χ4n) is 5.80. The minimum atomic E-state index is -0.331. The number of carbonyl (C=O) groups is 2. The topological polar surface area (TPSA) is 110 Å². The number of anilines is 2. The van der Waals surface area contributed by atoms with Crippen LogP contribution in [0.5, 0.6) is 0 Å². The second-order valence-electron chi connectivity index (χ2n) is 13.4. The molecule has 1 aliphatic rings. The van der Waals surface area contributed by atoms with E-state index in [4.69, 9.17) is 5.10 Å². The van der Waals surface area contributed by atoms with E-state index in [-0.39, 0.29) is 17.4 Å². The Bertz CT molecular complexity index is 1840. The van der Waals surface area contributed by atoms with Crippen molar-refractivity contribution in [1.29, 1.82) is 0 Å². The molecule has 0 aliphatic carbocycles. The van der Waals surface area contributed by atoms with Crippen molar-refractivity contribution < 1.29 is 9.59 Å². The molecule has 242 valence electrons. The number of nitrogens with one attached hydrogen (secondary N) is 2. The highest BCUT2D eigenvalue weighted by molar-refractivity contribution is 5.99. The lowest BCUT2D eigenvalue weighted by Gasteiger charge is -2.31. The van der Waals surface area contributed by atoms with Crippen molar-refractivity contribution in [3.8, 4) is 11.4 Å². The van der Waals surface area contributed by atoms with Gasteiger partial charge in [-0.05, 0) is 81.0 Å². The van der Waals surface area contributed by atoms with Crippen LogP contribution < -0.4 is 10.6 Å². The van der Waals surface area contributed by atoms with E-state index in [1.807, 2.05) is 91.5 Å². The van der Waals surface area contributed by atoms with Crippen LogP contribution in [0.3, 0.4) is 0 Å². The minimum Gasteiger partial charge on any atom is -0.337 e. The van der Waals surface area contributed by atoms with E-state index < -0.39 is 0 Å². The maximum Gasteiger partial charge on any atom is 0.324 e. The van der Waals surface area contributed by atoms with Crippen LogP contribution in [0.4, 0.5) is 16.3 Å². The summed E-state index contributed by atoms with van der Waals surface area (Å²) in [5.74, 6) is 1.02. The molecular weight excluding hydrogens is 588 g/mol. The van der Waals surface area contributed by atoms with Crippen molar-refractivity contribution in [2.75, 3.05) is 23.7 Å². The first-order valence-corrected chi connectivity index (χ1v) is 16.2. The van der Waals surface area contributed by atoms with Gasteiger partial charge in [0.1, 0.15) is 5.82 Å². The monoisotopic (exact) mass is 630 g/mol. The molecule has 3 amide bonds. The molecule has 6 rings (SSSR count). The third kappa shape index (κ3) is 7.43. The molecule has 0 unspecified atom stereocenters. The molecule has 5 aromatic rings. The van der Waals surface area contributed by atoms with Crippen molar-refractivity contribution in [2.24, 2.45) is 5.92 Å². The summed E-state index contributed by atoms with van der Waals surface area (Å²) < 4.78 is 1.77. The van der Waals surface area contributed by atoms with Crippen LogP contribution >= 0.6 is 0 Å². The van der Waals surface area contributed by atoms with E-state index in [0.29, 0.717) is 41.9 Å². The highest BCUT2D eigenvalue weighted by Crippen LogP contribution is 2.27. The van der Waals surface area contributed by atoms with Crippen LogP contribution in [0, 0.1) is 19.8 Å². The first-order chi connectivity index (χ1) is 22.5. The number of aryl methyl sites for hydroxylation is 2. The molecule has 0 atom stereocenters. The summed E-state index contributed by atoms with van der Waals surface area (Å²) in [6.45, 7) is 11.6. The number of piperidine rings is 1. The molecular formula is C37H42N8O2.